The molecule has 0 bridgehead atoms. The first-order chi connectivity index (χ1) is 13.5. The number of hydrogen-bond donors (Lipinski definition) is 1. The number of carbonyl (C=O) groups is 2. The van der Waals surface area contributed by atoms with Gasteiger partial charge in [0.15, 0.2) is 0 Å². The Morgan fingerprint density at radius 3 is 2.43 bits per heavy atom. The van der Waals surface area contributed by atoms with E-state index in [1.165, 1.54) is 4.90 Å². The number of halogens is 1. The number of nitrogens with two attached hydrogens (primary N) is 1. The molecule has 140 valence electrons. The highest BCUT2D eigenvalue weighted by atomic mass is 35.5. The summed E-state index contributed by atoms with van der Waals surface area (Å²) in [6, 6.07) is 20.8. The zero-order valence-corrected chi connectivity index (χ0v) is 15.6. The van der Waals surface area contributed by atoms with Gasteiger partial charge in [-0.15, -0.1) is 0 Å². The van der Waals surface area contributed by atoms with Gasteiger partial charge in [0.05, 0.1) is 16.9 Å². The SMILES string of the molecule is NC(=O)N1c2ccccc2C[C@@H](OC(=O)c2cccc(Cl)c2)c2ccccc21. The maximum Gasteiger partial charge on any atom is 0.338 e. The third-order valence-corrected chi connectivity index (χ3v) is 4.93. The van der Waals surface area contributed by atoms with Crippen molar-refractivity contribution >= 4 is 35.0 Å². The molecule has 3 aromatic carbocycles. The number of rotatable bonds is 2. The Kier molecular flexibility index (Phi) is 4.75. The summed E-state index contributed by atoms with van der Waals surface area (Å²) in [6.07, 6.45) is -0.156. The summed E-state index contributed by atoms with van der Waals surface area (Å²) >= 11 is 5.99. The van der Waals surface area contributed by atoms with Crippen molar-refractivity contribution in [3.05, 3.63) is 94.5 Å². The molecule has 0 aromatic heterocycles. The number of urea groups is 1. The van der Waals surface area contributed by atoms with Crippen LogP contribution in [-0.4, -0.2) is 12.0 Å². The highest BCUT2D eigenvalue weighted by molar-refractivity contribution is 6.30. The molecular formula is C22H17ClN2O3. The minimum atomic E-state index is -0.596. The summed E-state index contributed by atoms with van der Waals surface area (Å²) in [5.41, 5.74) is 8.92. The van der Waals surface area contributed by atoms with Crippen LogP contribution in [0.5, 0.6) is 0 Å². The average Bonchev–Trinajstić information content (AvgIpc) is 2.82. The number of hydrogen-bond acceptors (Lipinski definition) is 3. The zero-order chi connectivity index (χ0) is 19.7. The van der Waals surface area contributed by atoms with Gasteiger partial charge in [0.1, 0.15) is 6.10 Å². The maximum atomic E-state index is 12.7. The van der Waals surface area contributed by atoms with Crippen LogP contribution in [0.25, 0.3) is 0 Å². The zero-order valence-electron chi connectivity index (χ0n) is 14.8. The number of ether oxygens (including phenoxy) is 1. The molecule has 1 aliphatic rings. The maximum absolute atomic E-state index is 12.7. The number of benzene rings is 3. The molecule has 2 N–H and O–H groups in total. The molecule has 5 nitrogen and oxygen atoms in total. The highest BCUT2D eigenvalue weighted by Crippen LogP contribution is 2.41. The van der Waals surface area contributed by atoms with Gasteiger partial charge in [-0.05, 0) is 35.9 Å². The molecule has 0 aliphatic carbocycles. The molecule has 6 heteroatoms. The second-order valence-corrected chi connectivity index (χ2v) is 6.91. The van der Waals surface area contributed by atoms with Crippen LogP contribution in [0.15, 0.2) is 72.8 Å². The van der Waals surface area contributed by atoms with Crippen molar-refractivity contribution < 1.29 is 14.3 Å². The lowest BCUT2D eigenvalue weighted by molar-refractivity contribution is 0.0300. The van der Waals surface area contributed by atoms with E-state index in [0.29, 0.717) is 33.9 Å². The van der Waals surface area contributed by atoms with E-state index in [0.717, 1.165) is 5.56 Å². The molecule has 0 saturated carbocycles. The van der Waals surface area contributed by atoms with E-state index in [-0.39, 0.29) is 0 Å². The molecule has 0 unspecified atom stereocenters. The van der Waals surface area contributed by atoms with Crippen LogP contribution in [0.3, 0.4) is 0 Å². The molecule has 1 aliphatic heterocycles. The van der Waals surface area contributed by atoms with Gasteiger partial charge in [0.2, 0.25) is 0 Å². The minimum absolute atomic E-state index is 0.370. The Hall–Kier alpha value is -3.31. The van der Waals surface area contributed by atoms with Crippen molar-refractivity contribution in [2.45, 2.75) is 12.5 Å². The van der Waals surface area contributed by atoms with Gasteiger partial charge in [-0.3, -0.25) is 4.90 Å². The van der Waals surface area contributed by atoms with E-state index in [4.69, 9.17) is 22.1 Å². The summed E-state index contributed by atoms with van der Waals surface area (Å²) in [6.45, 7) is 0. The summed E-state index contributed by atoms with van der Waals surface area (Å²) in [7, 11) is 0. The fourth-order valence-corrected chi connectivity index (χ4v) is 3.65. The third kappa shape index (κ3) is 3.32. The van der Waals surface area contributed by atoms with Gasteiger partial charge >= 0.3 is 12.0 Å². The first kappa shape index (κ1) is 18.1. The van der Waals surface area contributed by atoms with Crippen LogP contribution < -0.4 is 10.6 Å². The molecule has 0 spiro atoms. The van der Waals surface area contributed by atoms with Crippen molar-refractivity contribution in [3.8, 4) is 0 Å². The molecule has 28 heavy (non-hydrogen) atoms. The van der Waals surface area contributed by atoms with Crippen LogP contribution in [-0.2, 0) is 11.2 Å². The Morgan fingerprint density at radius 1 is 0.964 bits per heavy atom. The lowest BCUT2D eigenvalue weighted by atomic mass is 10.0. The fourth-order valence-electron chi connectivity index (χ4n) is 3.46. The number of para-hydroxylation sites is 2. The van der Waals surface area contributed by atoms with Gasteiger partial charge in [0.25, 0.3) is 0 Å². The molecule has 0 fully saturated rings. The molecule has 0 saturated heterocycles. The third-order valence-electron chi connectivity index (χ3n) is 4.69. The van der Waals surface area contributed by atoms with Gasteiger partial charge in [-0.2, -0.15) is 0 Å². The summed E-state index contributed by atoms with van der Waals surface area (Å²) in [5.74, 6) is -0.479. The van der Waals surface area contributed by atoms with Gasteiger partial charge < -0.3 is 10.5 Å². The Labute approximate surface area is 167 Å². The monoisotopic (exact) mass is 392 g/mol. The van der Waals surface area contributed by atoms with E-state index < -0.39 is 18.1 Å². The Bertz CT molecular complexity index is 1070. The summed E-state index contributed by atoms with van der Waals surface area (Å²) in [5, 5.41) is 0.459. The lowest BCUT2D eigenvalue weighted by Gasteiger charge is -2.23. The predicted octanol–water partition coefficient (Wildman–Crippen LogP) is 5.01. The van der Waals surface area contributed by atoms with Crippen molar-refractivity contribution in [2.24, 2.45) is 5.73 Å². The quantitative estimate of drug-likeness (QED) is 0.623. The van der Waals surface area contributed by atoms with E-state index in [9.17, 15) is 9.59 Å². The molecule has 1 heterocycles. The number of amides is 2. The highest BCUT2D eigenvalue weighted by Gasteiger charge is 2.31. The molecule has 4 rings (SSSR count). The van der Waals surface area contributed by atoms with E-state index in [1.807, 2.05) is 42.5 Å². The number of fused-ring (bicyclic) bond motifs is 2. The van der Waals surface area contributed by atoms with Crippen molar-refractivity contribution in [1.82, 2.24) is 0 Å². The number of nitrogens with zero attached hydrogens (tertiary/aromatic N) is 1. The smallest absolute Gasteiger partial charge is 0.338 e. The largest absolute Gasteiger partial charge is 0.453 e. The molecular weight excluding hydrogens is 376 g/mol. The second kappa shape index (κ2) is 7.37. The summed E-state index contributed by atoms with van der Waals surface area (Å²) in [4.78, 5) is 26.4. The van der Waals surface area contributed by atoms with E-state index in [2.05, 4.69) is 0 Å². The molecule has 0 radical (unpaired) electrons. The first-order valence-corrected chi connectivity index (χ1v) is 9.15. The van der Waals surface area contributed by atoms with Crippen LogP contribution >= 0.6 is 11.6 Å². The normalized spacial score (nSPS) is 15.2. The number of primary amides is 1. The first-order valence-electron chi connectivity index (χ1n) is 8.77. The molecule has 3 aromatic rings. The van der Waals surface area contributed by atoms with Crippen LogP contribution in [0.4, 0.5) is 16.2 Å². The molecule has 1 atom stereocenters. The average molecular weight is 393 g/mol. The lowest BCUT2D eigenvalue weighted by Crippen LogP contribution is -2.32. The van der Waals surface area contributed by atoms with Crippen LogP contribution in [0.2, 0.25) is 5.02 Å². The van der Waals surface area contributed by atoms with E-state index >= 15 is 0 Å². The van der Waals surface area contributed by atoms with Crippen molar-refractivity contribution in [3.63, 3.8) is 0 Å². The second-order valence-electron chi connectivity index (χ2n) is 6.47. The summed E-state index contributed by atoms with van der Waals surface area (Å²) < 4.78 is 5.85. The fraction of sp³-hybridized carbons (Fsp3) is 0.0909. The standard InChI is InChI=1S/C22H17ClN2O3/c23-16-8-5-7-15(12-16)21(26)28-20-13-14-6-1-3-10-18(14)25(22(24)27)19-11-4-2-9-17(19)20/h1-12,20H,13H2,(H2,24,27)/t20-/m1/s1. The van der Waals surface area contributed by atoms with Crippen molar-refractivity contribution in [2.75, 3.05) is 4.90 Å². The number of anilines is 2. The minimum Gasteiger partial charge on any atom is -0.453 e. The Morgan fingerprint density at radius 2 is 1.68 bits per heavy atom. The Balaban J connectivity index is 1.78. The molecule has 2 amide bonds. The van der Waals surface area contributed by atoms with Crippen LogP contribution in [0.1, 0.15) is 27.6 Å². The number of carbonyl (C=O) groups excluding carboxylic acids is 2. The van der Waals surface area contributed by atoms with Crippen LogP contribution in [0, 0.1) is 0 Å². The topological polar surface area (TPSA) is 72.6 Å². The van der Waals surface area contributed by atoms with Crippen molar-refractivity contribution in [1.29, 1.82) is 0 Å². The van der Waals surface area contributed by atoms with E-state index in [1.54, 1.807) is 30.3 Å². The van der Waals surface area contributed by atoms with Gasteiger partial charge in [-0.1, -0.05) is 54.1 Å². The number of esters is 1. The van der Waals surface area contributed by atoms with Gasteiger partial charge in [-0.25, -0.2) is 9.59 Å². The predicted molar refractivity (Wildman–Crippen MR) is 108 cm³/mol. The van der Waals surface area contributed by atoms with Gasteiger partial charge in [0, 0.05) is 17.0 Å².